The van der Waals surface area contributed by atoms with Crippen LogP contribution < -0.4 is 5.73 Å². The predicted molar refractivity (Wildman–Crippen MR) is 55.0 cm³/mol. The van der Waals surface area contributed by atoms with Gasteiger partial charge in [0.15, 0.2) is 0 Å². The Hall–Kier alpha value is -0.780. The second-order valence-electron chi connectivity index (χ2n) is 2.75. The van der Waals surface area contributed by atoms with Gasteiger partial charge in [0.05, 0.1) is 17.2 Å². The molecule has 2 heterocycles. The Kier molecular flexibility index (Phi) is 2.39. The molecule has 0 saturated heterocycles. The quantitative estimate of drug-likeness (QED) is 0.826. The van der Waals surface area contributed by atoms with Crippen molar-refractivity contribution in [3.8, 4) is 0 Å². The van der Waals surface area contributed by atoms with Crippen molar-refractivity contribution in [1.82, 2.24) is 9.36 Å². The molecule has 0 radical (unpaired) electrons. The van der Waals surface area contributed by atoms with Crippen LogP contribution in [0.5, 0.6) is 0 Å². The highest BCUT2D eigenvalue weighted by Crippen LogP contribution is 2.25. The summed E-state index contributed by atoms with van der Waals surface area (Å²) in [7, 11) is 0. The minimum absolute atomic E-state index is 0.0568. The Labute approximate surface area is 84.4 Å². The number of aryl methyl sites for hydroxylation is 1. The molecule has 2 N–H and O–H groups in total. The number of nitrogens with zero attached hydrogens (tertiary/aromatic N) is 2. The standard InChI is InChI=1S/C8H9N3S2/c1-5-2-6(13-11-5)8(9)7-3-10-4-12-7/h2-4,8H,9H2,1H3. The van der Waals surface area contributed by atoms with Crippen molar-refractivity contribution < 1.29 is 0 Å². The molecule has 68 valence electrons. The first-order valence-electron chi connectivity index (χ1n) is 3.84. The zero-order valence-electron chi connectivity index (χ0n) is 7.10. The first kappa shape index (κ1) is 8.80. The largest absolute Gasteiger partial charge is 0.319 e. The molecule has 0 spiro atoms. The lowest BCUT2D eigenvalue weighted by Gasteiger charge is -2.03. The van der Waals surface area contributed by atoms with Gasteiger partial charge in [-0.2, -0.15) is 4.37 Å². The van der Waals surface area contributed by atoms with E-state index in [1.807, 2.05) is 19.2 Å². The van der Waals surface area contributed by atoms with Crippen LogP contribution in [-0.4, -0.2) is 9.36 Å². The summed E-state index contributed by atoms with van der Waals surface area (Å²) in [6.45, 7) is 1.97. The van der Waals surface area contributed by atoms with Crippen LogP contribution in [0.1, 0.15) is 21.5 Å². The lowest BCUT2D eigenvalue weighted by atomic mass is 10.2. The van der Waals surface area contributed by atoms with Gasteiger partial charge in [-0.3, -0.25) is 4.98 Å². The summed E-state index contributed by atoms with van der Waals surface area (Å²) in [5.41, 5.74) is 8.84. The van der Waals surface area contributed by atoms with Crippen LogP contribution in [0.4, 0.5) is 0 Å². The van der Waals surface area contributed by atoms with E-state index < -0.39 is 0 Å². The van der Waals surface area contributed by atoms with Gasteiger partial charge < -0.3 is 5.73 Å². The Morgan fingerprint density at radius 1 is 1.46 bits per heavy atom. The van der Waals surface area contributed by atoms with Gasteiger partial charge in [0.25, 0.3) is 0 Å². The summed E-state index contributed by atoms with van der Waals surface area (Å²) >= 11 is 3.04. The lowest BCUT2D eigenvalue weighted by molar-refractivity contribution is 0.912. The predicted octanol–water partition coefficient (Wildman–Crippen LogP) is 1.96. The fourth-order valence-electron chi connectivity index (χ4n) is 1.05. The van der Waals surface area contributed by atoms with E-state index in [0.717, 1.165) is 15.4 Å². The Balaban J connectivity index is 2.28. The van der Waals surface area contributed by atoms with Crippen molar-refractivity contribution in [3.05, 3.63) is 33.2 Å². The molecular formula is C8H9N3S2. The van der Waals surface area contributed by atoms with Crippen molar-refractivity contribution in [3.63, 3.8) is 0 Å². The van der Waals surface area contributed by atoms with E-state index in [0.29, 0.717) is 0 Å². The molecule has 0 aliphatic rings. The van der Waals surface area contributed by atoms with Crippen molar-refractivity contribution in [2.75, 3.05) is 0 Å². The van der Waals surface area contributed by atoms with E-state index in [1.54, 1.807) is 16.8 Å². The molecule has 2 aromatic heterocycles. The minimum atomic E-state index is -0.0568. The van der Waals surface area contributed by atoms with E-state index in [4.69, 9.17) is 5.73 Å². The average Bonchev–Trinajstić information content (AvgIpc) is 2.72. The maximum atomic E-state index is 6.01. The molecule has 2 rings (SSSR count). The Bertz CT molecular complexity index is 380. The third-order valence-electron chi connectivity index (χ3n) is 1.71. The molecule has 0 aromatic carbocycles. The van der Waals surface area contributed by atoms with Crippen LogP contribution in [0.15, 0.2) is 17.8 Å². The summed E-state index contributed by atoms with van der Waals surface area (Å²) in [6, 6.07) is 1.97. The van der Waals surface area contributed by atoms with Crippen LogP contribution >= 0.6 is 22.9 Å². The van der Waals surface area contributed by atoms with Crippen molar-refractivity contribution in [2.24, 2.45) is 5.73 Å². The molecule has 0 amide bonds. The van der Waals surface area contributed by atoms with E-state index in [9.17, 15) is 0 Å². The number of rotatable bonds is 2. The fourth-order valence-corrected chi connectivity index (χ4v) is 2.53. The summed E-state index contributed by atoms with van der Waals surface area (Å²) in [4.78, 5) is 6.18. The maximum Gasteiger partial charge on any atom is 0.0794 e. The molecule has 3 nitrogen and oxygen atoms in total. The highest BCUT2D eigenvalue weighted by Gasteiger charge is 2.12. The smallest absolute Gasteiger partial charge is 0.0794 e. The zero-order valence-corrected chi connectivity index (χ0v) is 8.73. The molecule has 5 heteroatoms. The average molecular weight is 211 g/mol. The normalized spacial score (nSPS) is 13.1. The van der Waals surface area contributed by atoms with E-state index in [1.165, 1.54) is 11.5 Å². The topological polar surface area (TPSA) is 51.8 Å². The second kappa shape index (κ2) is 3.53. The van der Waals surface area contributed by atoms with Gasteiger partial charge in [-0.1, -0.05) is 0 Å². The van der Waals surface area contributed by atoms with E-state index in [2.05, 4.69) is 9.36 Å². The first-order valence-corrected chi connectivity index (χ1v) is 5.50. The summed E-state index contributed by atoms with van der Waals surface area (Å²) in [5, 5.41) is 0. The SMILES string of the molecule is Cc1cc(C(N)c2cncs2)sn1. The van der Waals surface area contributed by atoms with Crippen LogP contribution in [0.2, 0.25) is 0 Å². The second-order valence-corrected chi connectivity index (χ2v) is 4.51. The third kappa shape index (κ3) is 1.77. The molecule has 0 saturated carbocycles. The van der Waals surface area contributed by atoms with Gasteiger partial charge in [-0.25, -0.2) is 0 Å². The van der Waals surface area contributed by atoms with Gasteiger partial charge in [-0.05, 0) is 24.5 Å². The minimum Gasteiger partial charge on any atom is -0.319 e. The monoisotopic (exact) mass is 211 g/mol. The van der Waals surface area contributed by atoms with Crippen molar-refractivity contribution >= 4 is 22.9 Å². The van der Waals surface area contributed by atoms with Gasteiger partial charge in [-0.15, -0.1) is 11.3 Å². The third-order valence-corrected chi connectivity index (χ3v) is 3.53. The number of aromatic nitrogens is 2. The molecular weight excluding hydrogens is 202 g/mol. The molecule has 0 bridgehead atoms. The van der Waals surface area contributed by atoms with Crippen molar-refractivity contribution in [1.29, 1.82) is 0 Å². The number of thiazole rings is 1. The van der Waals surface area contributed by atoms with Gasteiger partial charge in [0.2, 0.25) is 0 Å². The Morgan fingerprint density at radius 3 is 2.85 bits per heavy atom. The molecule has 0 aliphatic heterocycles. The van der Waals surface area contributed by atoms with Gasteiger partial charge in [0, 0.05) is 16.0 Å². The van der Waals surface area contributed by atoms with E-state index in [-0.39, 0.29) is 6.04 Å². The molecule has 0 aliphatic carbocycles. The highest BCUT2D eigenvalue weighted by atomic mass is 32.1. The molecule has 1 atom stereocenters. The lowest BCUT2D eigenvalue weighted by Crippen LogP contribution is -2.08. The van der Waals surface area contributed by atoms with Gasteiger partial charge >= 0.3 is 0 Å². The molecule has 1 unspecified atom stereocenters. The number of nitrogens with two attached hydrogens (primary N) is 1. The zero-order chi connectivity index (χ0) is 9.26. The summed E-state index contributed by atoms with van der Waals surface area (Å²) in [6.07, 6.45) is 1.81. The van der Waals surface area contributed by atoms with Gasteiger partial charge in [0.1, 0.15) is 0 Å². The van der Waals surface area contributed by atoms with Crippen LogP contribution in [0.25, 0.3) is 0 Å². The van der Waals surface area contributed by atoms with Crippen LogP contribution in [-0.2, 0) is 0 Å². The first-order chi connectivity index (χ1) is 6.27. The fraction of sp³-hybridized carbons (Fsp3) is 0.250. The van der Waals surface area contributed by atoms with Crippen molar-refractivity contribution in [2.45, 2.75) is 13.0 Å². The van der Waals surface area contributed by atoms with Crippen LogP contribution in [0.3, 0.4) is 0 Å². The summed E-state index contributed by atoms with van der Waals surface area (Å²) < 4.78 is 4.19. The van der Waals surface area contributed by atoms with Crippen LogP contribution in [0, 0.1) is 6.92 Å². The molecule has 2 aromatic rings. The van der Waals surface area contributed by atoms with E-state index >= 15 is 0 Å². The number of hydrogen-bond acceptors (Lipinski definition) is 5. The summed E-state index contributed by atoms with van der Waals surface area (Å²) in [5.74, 6) is 0. The number of hydrogen-bond donors (Lipinski definition) is 1. The molecule has 0 fully saturated rings. The molecule has 13 heavy (non-hydrogen) atoms. The maximum absolute atomic E-state index is 6.01. The highest BCUT2D eigenvalue weighted by molar-refractivity contribution is 7.10. The Morgan fingerprint density at radius 2 is 2.31 bits per heavy atom.